The molecule has 0 heterocycles. The van der Waals surface area contributed by atoms with Gasteiger partial charge >= 0.3 is 0 Å². The maximum absolute atomic E-state index is 12.1. The van der Waals surface area contributed by atoms with Gasteiger partial charge in [0.1, 0.15) is 5.75 Å². The van der Waals surface area contributed by atoms with E-state index in [0.717, 1.165) is 17.9 Å². The fourth-order valence-electron chi connectivity index (χ4n) is 2.36. The number of hydrogen-bond donors (Lipinski definition) is 3. The fourth-order valence-corrected chi connectivity index (χ4v) is 2.36. The molecule has 26 heavy (non-hydrogen) atoms. The summed E-state index contributed by atoms with van der Waals surface area (Å²) in [6, 6.07) is 14.5. The summed E-state index contributed by atoms with van der Waals surface area (Å²) in [7, 11) is 0. The molecule has 2 aromatic carbocycles. The molecule has 3 N–H and O–H groups in total. The van der Waals surface area contributed by atoms with Crippen LogP contribution < -0.4 is 20.7 Å². The summed E-state index contributed by atoms with van der Waals surface area (Å²) in [6.07, 6.45) is 1.30. The first-order valence-electron chi connectivity index (χ1n) is 8.77. The van der Waals surface area contributed by atoms with Gasteiger partial charge in [0.05, 0.1) is 18.8 Å². The molecular weight excluding hydrogens is 330 g/mol. The van der Waals surface area contributed by atoms with E-state index in [0.29, 0.717) is 24.4 Å². The highest BCUT2D eigenvalue weighted by Gasteiger charge is 2.06. The summed E-state index contributed by atoms with van der Waals surface area (Å²) in [5.74, 6) is 0.537. The maximum Gasteiger partial charge on any atom is 0.243 e. The van der Waals surface area contributed by atoms with Crippen molar-refractivity contribution in [3.8, 4) is 5.75 Å². The maximum atomic E-state index is 12.1. The highest BCUT2D eigenvalue weighted by molar-refractivity contribution is 5.95. The number of para-hydroxylation sites is 2. The van der Waals surface area contributed by atoms with Gasteiger partial charge in [-0.1, -0.05) is 19.1 Å². The Bertz CT molecular complexity index is 729. The minimum Gasteiger partial charge on any atom is -0.492 e. The van der Waals surface area contributed by atoms with Gasteiger partial charge in [-0.25, -0.2) is 0 Å². The molecule has 0 fully saturated rings. The number of nitrogens with one attached hydrogen (secondary N) is 3. The second-order valence-electron chi connectivity index (χ2n) is 5.71. The van der Waals surface area contributed by atoms with E-state index >= 15 is 0 Å². The minimum absolute atomic E-state index is 0.0125. The van der Waals surface area contributed by atoms with E-state index < -0.39 is 0 Å². The molecule has 6 heteroatoms. The highest BCUT2D eigenvalue weighted by Crippen LogP contribution is 2.23. The summed E-state index contributed by atoms with van der Waals surface area (Å²) >= 11 is 0. The average Bonchev–Trinajstić information content (AvgIpc) is 2.63. The Morgan fingerprint density at radius 3 is 2.12 bits per heavy atom. The molecule has 2 aromatic rings. The van der Waals surface area contributed by atoms with Gasteiger partial charge in [0.15, 0.2) is 0 Å². The molecule has 0 bridgehead atoms. The van der Waals surface area contributed by atoms with Gasteiger partial charge in [-0.3, -0.25) is 9.59 Å². The predicted molar refractivity (Wildman–Crippen MR) is 105 cm³/mol. The Labute approximate surface area is 153 Å². The topological polar surface area (TPSA) is 79.5 Å². The average molecular weight is 355 g/mol. The van der Waals surface area contributed by atoms with E-state index in [-0.39, 0.29) is 18.4 Å². The van der Waals surface area contributed by atoms with Gasteiger partial charge in [-0.05, 0) is 49.7 Å². The van der Waals surface area contributed by atoms with Crippen molar-refractivity contribution in [3.63, 3.8) is 0 Å². The molecular formula is C20H25N3O3. The van der Waals surface area contributed by atoms with Gasteiger partial charge in [0.25, 0.3) is 0 Å². The zero-order valence-corrected chi connectivity index (χ0v) is 15.2. The molecule has 138 valence electrons. The Morgan fingerprint density at radius 1 is 0.885 bits per heavy atom. The van der Waals surface area contributed by atoms with Crippen LogP contribution in [0.15, 0.2) is 48.5 Å². The van der Waals surface area contributed by atoms with Crippen LogP contribution in [0.1, 0.15) is 26.7 Å². The largest absolute Gasteiger partial charge is 0.492 e. The number of carbonyl (C=O) groups excluding carboxylic acids is 2. The third kappa shape index (κ3) is 6.12. The van der Waals surface area contributed by atoms with Crippen molar-refractivity contribution in [2.75, 3.05) is 29.1 Å². The first-order valence-corrected chi connectivity index (χ1v) is 8.77. The standard InChI is InChI=1S/C20H25N3O3/c1-3-7-19(24)22-15-10-12-16(13-11-15)23-20(25)14-21-17-8-5-6-9-18(17)26-4-2/h5-6,8-13,21H,3-4,7,14H2,1-2H3,(H,22,24)(H,23,25). The summed E-state index contributed by atoms with van der Waals surface area (Å²) in [5.41, 5.74) is 2.16. The Hall–Kier alpha value is -3.02. The minimum atomic E-state index is -0.168. The first kappa shape index (κ1) is 19.3. The van der Waals surface area contributed by atoms with E-state index in [1.807, 2.05) is 38.1 Å². The van der Waals surface area contributed by atoms with Crippen molar-refractivity contribution in [3.05, 3.63) is 48.5 Å². The van der Waals surface area contributed by atoms with Crippen LogP contribution in [0, 0.1) is 0 Å². The molecule has 0 saturated carbocycles. The Balaban J connectivity index is 1.85. The molecule has 0 aliphatic heterocycles. The molecule has 0 saturated heterocycles. The lowest BCUT2D eigenvalue weighted by Crippen LogP contribution is -2.22. The first-order chi connectivity index (χ1) is 12.6. The molecule has 6 nitrogen and oxygen atoms in total. The van der Waals surface area contributed by atoms with Crippen LogP contribution in [-0.2, 0) is 9.59 Å². The number of amides is 2. The van der Waals surface area contributed by atoms with Gasteiger partial charge in [0.2, 0.25) is 11.8 Å². The van der Waals surface area contributed by atoms with Crippen LogP contribution in [0.4, 0.5) is 17.1 Å². The van der Waals surface area contributed by atoms with Crippen LogP contribution in [-0.4, -0.2) is 25.0 Å². The van der Waals surface area contributed by atoms with Crippen molar-refractivity contribution in [1.82, 2.24) is 0 Å². The second kappa shape index (κ2) is 10.1. The summed E-state index contributed by atoms with van der Waals surface area (Å²) in [4.78, 5) is 23.7. The van der Waals surface area contributed by atoms with Gasteiger partial charge in [0, 0.05) is 17.8 Å². The molecule has 0 aliphatic rings. The number of hydrogen-bond acceptors (Lipinski definition) is 4. The molecule has 2 rings (SSSR count). The van der Waals surface area contributed by atoms with Crippen molar-refractivity contribution in [2.45, 2.75) is 26.7 Å². The van der Waals surface area contributed by atoms with Crippen LogP contribution in [0.25, 0.3) is 0 Å². The Kier molecular flexibility index (Phi) is 7.49. The van der Waals surface area contributed by atoms with Crippen molar-refractivity contribution in [2.24, 2.45) is 0 Å². The number of anilines is 3. The number of rotatable bonds is 9. The second-order valence-corrected chi connectivity index (χ2v) is 5.71. The monoisotopic (exact) mass is 355 g/mol. The highest BCUT2D eigenvalue weighted by atomic mass is 16.5. The third-order valence-corrected chi connectivity index (χ3v) is 3.56. The smallest absolute Gasteiger partial charge is 0.243 e. The molecule has 0 aliphatic carbocycles. The molecule has 0 aromatic heterocycles. The molecule has 2 amide bonds. The van der Waals surface area contributed by atoms with E-state index in [1.165, 1.54) is 0 Å². The van der Waals surface area contributed by atoms with Crippen molar-refractivity contribution in [1.29, 1.82) is 0 Å². The van der Waals surface area contributed by atoms with Crippen LogP contribution in [0.3, 0.4) is 0 Å². The zero-order chi connectivity index (χ0) is 18.8. The van der Waals surface area contributed by atoms with Crippen LogP contribution in [0.5, 0.6) is 5.75 Å². The SMILES string of the molecule is CCCC(=O)Nc1ccc(NC(=O)CNc2ccccc2OCC)cc1. The van der Waals surface area contributed by atoms with E-state index in [1.54, 1.807) is 24.3 Å². The van der Waals surface area contributed by atoms with Gasteiger partial charge in [-0.2, -0.15) is 0 Å². The van der Waals surface area contributed by atoms with Gasteiger partial charge < -0.3 is 20.7 Å². The molecule has 0 unspecified atom stereocenters. The summed E-state index contributed by atoms with van der Waals surface area (Å²) in [6.45, 7) is 4.56. The predicted octanol–water partition coefficient (Wildman–Crippen LogP) is 3.87. The fraction of sp³-hybridized carbons (Fsp3) is 0.300. The van der Waals surface area contributed by atoms with Gasteiger partial charge in [-0.15, -0.1) is 0 Å². The molecule has 0 radical (unpaired) electrons. The summed E-state index contributed by atoms with van der Waals surface area (Å²) < 4.78 is 5.52. The van der Waals surface area contributed by atoms with Crippen LogP contribution in [0.2, 0.25) is 0 Å². The zero-order valence-electron chi connectivity index (χ0n) is 15.2. The normalized spacial score (nSPS) is 10.1. The number of carbonyl (C=O) groups is 2. The van der Waals surface area contributed by atoms with E-state index in [4.69, 9.17) is 4.74 Å². The quantitative estimate of drug-likeness (QED) is 0.638. The lowest BCUT2D eigenvalue weighted by Gasteiger charge is -2.12. The van der Waals surface area contributed by atoms with E-state index in [9.17, 15) is 9.59 Å². The lowest BCUT2D eigenvalue weighted by atomic mass is 10.2. The van der Waals surface area contributed by atoms with Crippen molar-refractivity contribution >= 4 is 28.9 Å². The van der Waals surface area contributed by atoms with E-state index in [2.05, 4.69) is 16.0 Å². The van der Waals surface area contributed by atoms with Crippen molar-refractivity contribution < 1.29 is 14.3 Å². The molecule has 0 spiro atoms. The summed E-state index contributed by atoms with van der Waals surface area (Å²) in [5, 5.41) is 8.70. The number of ether oxygens (including phenoxy) is 1. The van der Waals surface area contributed by atoms with Crippen LogP contribution >= 0.6 is 0 Å². The molecule has 0 atom stereocenters. The number of benzene rings is 2. The Morgan fingerprint density at radius 2 is 1.50 bits per heavy atom. The lowest BCUT2D eigenvalue weighted by molar-refractivity contribution is -0.116. The third-order valence-electron chi connectivity index (χ3n) is 3.56.